The summed E-state index contributed by atoms with van der Waals surface area (Å²) in [6, 6.07) is 5.19. The number of ether oxygens (including phenoxy) is 1. The molecule has 1 aromatic rings. The normalized spacial score (nSPS) is 18.9. The molecular formula is C15H20N2O3. The monoisotopic (exact) mass is 276 g/mol. The van der Waals surface area contributed by atoms with Crippen LogP contribution in [0.2, 0.25) is 0 Å². The molecule has 1 N–H and O–H groups in total. The highest BCUT2D eigenvalue weighted by Crippen LogP contribution is 2.24. The van der Waals surface area contributed by atoms with Crippen molar-refractivity contribution in [3.63, 3.8) is 0 Å². The fourth-order valence-electron chi connectivity index (χ4n) is 2.20. The van der Waals surface area contributed by atoms with Gasteiger partial charge in [0.25, 0.3) is 5.91 Å². The Bertz CT molecular complexity index is 540. The van der Waals surface area contributed by atoms with E-state index in [2.05, 4.69) is 5.32 Å². The molecule has 0 radical (unpaired) electrons. The second-order valence-electron chi connectivity index (χ2n) is 5.34. The highest BCUT2D eigenvalue weighted by molar-refractivity contribution is 6.06. The number of amides is 2. The van der Waals surface area contributed by atoms with Crippen molar-refractivity contribution in [2.24, 2.45) is 0 Å². The number of benzene rings is 1. The molecule has 1 aliphatic rings. The van der Waals surface area contributed by atoms with Crippen LogP contribution < -0.4 is 10.1 Å². The van der Waals surface area contributed by atoms with Crippen LogP contribution in [-0.2, 0) is 9.59 Å². The van der Waals surface area contributed by atoms with Crippen molar-refractivity contribution in [2.75, 3.05) is 12.4 Å². The molecule has 2 rings (SSSR count). The average Bonchev–Trinajstić information content (AvgIpc) is 2.60. The number of carbonyl (C=O) groups excluding carboxylic acids is 2. The Kier molecular flexibility index (Phi) is 3.97. The highest BCUT2D eigenvalue weighted by Gasteiger charge is 2.36. The van der Waals surface area contributed by atoms with Crippen LogP contribution >= 0.6 is 0 Å². The molecule has 0 bridgehead atoms. The van der Waals surface area contributed by atoms with E-state index in [-0.39, 0.29) is 24.3 Å². The lowest BCUT2D eigenvalue weighted by molar-refractivity contribution is -0.136. The van der Waals surface area contributed by atoms with E-state index >= 15 is 0 Å². The molecule has 20 heavy (non-hydrogen) atoms. The third kappa shape index (κ3) is 2.92. The van der Waals surface area contributed by atoms with E-state index in [0.717, 1.165) is 17.0 Å². The van der Waals surface area contributed by atoms with Gasteiger partial charge in [-0.15, -0.1) is 0 Å². The zero-order valence-corrected chi connectivity index (χ0v) is 12.3. The molecule has 108 valence electrons. The maximum Gasteiger partial charge on any atom is 0.251 e. The SMILES string of the molecule is Cc1cc(OC(C)C)ccc1NC1CC(=O)N(C)C1=O. The van der Waals surface area contributed by atoms with E-state index in [1.165, 1.54) is 11.9 Å². The number of nitrogens with one attached hydrogen (secondary N) is 1. The van der Waals surface area contributed by atoms with E-state index in [9.17, 15) is 9.59 Å². The molecule has 2 amide bonds. The molecule has 0 aliphatic carbocycles. The first-order chi connectivity index (χ1) is 9.38. The number of rotatable bonds is 4. The van der Waals surface area contributed by atoms with Gasteiger partial charge >= 0.3 is 0 Å². The number of likely N-dealkylation sites (tertiary alicyclic amines) is 1. The van der Waals surface area contributed by atoms with Crippen molar-refractivity contribution in [1.82, 2.24) is 4.90 Å². The predicted molar refractivity (Wildman–Crippen MR) is 76.7 cm³/mol. The molecule has 1 unspecified atom stereocenters. The number of nitrogens with zero attached hydrogens (tertiary/aromatic N) is 1. The molecule has 0 saturated carbocycles. The molecule has 1 aliphatic heterocycles. The topological polar surface area (TPSA) is 58.6 Å². The summed E-state index contributed by atoms with van der Waals surface area (Å²) >= 11 is 0. The molecule has 1 fully saturated rings. The lowest BCUT2D eigenvalue weighted by atomic mass is 10.1. The molecule has 5 nitrogen and oxygen atoms in total. The van der Waals surface area contributed by atoms with Gasteiger partial charge in [0.05, 0.1) is 12.5 Å². The van der Waals surface area contributed by atoms with E-state index in [0.29, 0.717) is 0 Å². The van der Waals surface area contributed by atoms with Crippen molar-refractivity contribution >= 4 is 17.5 Å². The highest BCUT2D eigenvalue weighted by atomic mass is 16.5. The first-order valence-corrected chi connectivity index (χ1v) is 6.72. The number of carbonyl (C=O) groups is 2. The molecular weight excluding hydrogens is 256 g/mol. The van der Waals surface area contributed by atoms with E-state index in [1.54, 1.807) is 0 Å². The Balaban J connectivity index is 2.11. The van der Waals surface area contributed by atoms with Gasteiger partial charge in [-0.3, -0.25) is 14.5 Å². The Morgan fingerprint density at radius 3 is 2.55 bits per heavy atom. The standard InChI is InChI=1S/C15H20N2O3/c1-9(2)20-11-5-6-12(10(3)7-11)16-13-8-14(18)17(4)15(13)19/h5-7,9,13,16H,8H2,1-4H3. The summed E-state index contributed by atoms with van der Waals surface area (Å²) in [6.45, 7) is 5.89. The molecule has 1 aromatic carbocycles. The van der Waals surface area contributed by atoms with Crippen molar-refractivity contribution in [2.45, 2.75) is 39.3 Å². The lowest BCUT2D eigenvalue weighted by Crippen LogP contribution is -2.31. The quantitative estimate of drug-likeness (QED) is 0.854. The Hall–Kier alpha value is -2.04. The minimum absolute atomic E-state index is 0.121. The molecule has 1 saturated heterocycles. The maximum absolute atomic E-state index is 11.9. The first-order valence-electron chi connectivity index (χ1n) is 6.72. The second-order valence-corrected chi connectivity index (χ2v) is 5.34. The van der Waals surface area contributed by atoms with E-state index < -0.39 is 6.04 Å². The third-order valence-electron chi connectivity index (χ3n) is 3.28. The van der Waals surface area contributed by atoms with Crippen molar-refractivity contribution < 1.29 is 14.3 Å². The summed E-state index contributed by atoms with van der Waals surface area (Å²) in [5, 5.41) is 3.13. The average molecular weight is 276 g/mol. The second kappa shape index (κ2) is 5.53. The van der Waals surface area contributed by atoms with Gasteiger partial charge in [-0.2, -0.15) is 0 Å². The van der Waals surface area contributed by atoms with Crippen LogP contribution in [0.5, 0.6) is 5.75 Å². The van der Waals surface area contributed by atoms with Crippen molar-refractivity contribution in [3.05, 3.63) is 23.8 Å². The number of hydrogen-bond acceptors (Lipinski definition) is 4. The molecule has 0 spiro atoms. The molecule has 1 atom stereocenters. The molecule has 5 heteroatoms. The van der Waals surface area contributed by atoms with Gasteiger partial charge in [0.15, 0.2) is 0 Å². The molecule has 1 heterocycles. The summed E-state index contributed by atoms with van der Waals surface area (Å²) in [4.78, 5) is 24.5. The van der Waals surface area contributed by atoms with Gasteiger partial charge in [-0.1, -0.05) is 0 Å². The first kappa shape index (κ1) is 14.4. The van der Waals surface area contributed by atoms with Gasteiger partial charge in [0, 0.05) is 12.7 Å². The van der Waals surface area contributed by atoms with Crippen molar-refractivity contribution in [1.29, 1.82) is 0 Å². The predicted octanol–water partition coefficient (Wildman–Crippen LogP) is 1.95. The Morgan fingerprint density at radius 2 is 2.05 bits per heavy atom. The Morgan fingerprint density at radius 1 is 1.35 bits per heavy atom. The summed E-state index contributed by atoms with van der Waals surface area (Å²) in [5.74, 6) is 0.468. The summed E-state index contributed by atoms with van der Waals surface area (Å²) < 4.78 is 5.62. The van der Waals surface area contributed by atoms with Crippen LogP contribution in [0.25, 0.3) is 0 Å². The summed E-state index contributed by atoms with van der Waals surface area (Å²) in [6.07, 6.45) is 0.329. The minimum Gasteiger partial charge on any atom is -0.491 e. The largest absolute Gasteiger partial charge is 0.491 e. The Labute approximate surface area is 118 Å². The summed E-state index contributed by atoms with van der Waals surface area (Å²) in [7, 11) is 1.51. The fourth-order valence-corrected chi connectivity index (χ4v) is 2.20. The van der Waals surface area contributed by atoms with Crippen LogP contribution in [0.3, 0.4) is 0 Å². The lowest BCUT2D eigenvalue weighted by Gasteiger charge is -2.16. The number of anilines is 1. The fraction of sp³-hybridized carbons (Fsp3) is 0.467. The van der Waals surface area contributed by atoms with Crippen LogP contribution in [0.1, 0.15) is 25.8 Å². The van der Waals surface area contributed by atoms with Crippen LogP contribution in [0, 0.1) is 6.92 Å². The van der Waals surface area contributed by atoms with Crippen LogP contribution in [0.4, 0.5) is 5.69 Å². The third-order valence-corrected chi connectivity index (χ3v) is 3.28. The van der Waals surface area contributed by atoms with Gasteiger partial charge in [0.1, 0.15) is 11.8 Å². The zero-order valence-electron chi connectivity index (χ0n) is 12.3. The number of aryl methyl sites for hydroxylation is 1. The van der Waals surface area contributed by atoms with Crippen LogP contribution in [-0.4, -0.2) is 35.9 Å². The van der Waals surface area contributed by atoms with Gasteiger partial charge < -0.3 is 10.1 Å². The molecule has 0 aromatic heterocycles. The zero-order chi connectivity index (χ0) is 14.9. The van der Waals surface area contributed by atoms with Crippen molar-refractivity contribution in [3.8, 4) is 5.75 Å². The number of hydrogen-bond donors (Lipinski definition) is 1. The van der Waals surface area contributed by atoms with Gasteiger partial charge in [-0.25, -0.2) is 0 Å². The van der Waals surface area contributed by atoms with Gasteiger partial charge in [0.2, 0.25) is 5.91 Å². The number of imide groups is 1. The van der Waals surface area contributed by atoms with Crippen LogP contribution in [0.15, 0.2) is 18.2 Å². The number of likely N-dealkylation sites (N-methyl/N-ethyl adjacent to an activating group) is 1. The minimum atomic E-state index is -0.469. The van der Waals surface area contributed by atoms with E-state index in [1.807, 2.05) is 39.0 Å². The van der Waals surface area contributed by atoms with E-state index in [4.69, 9.17) is 4.74 Å². The smallest absolute Gasteiger partial charge is 0.251 e. The summed E-state index contributed by atoms with van der Waals surface area (Å²) in [5.41, 5.74) is 1.83. The maximum atomic E-state index is 11.9. The van der Waals surface area contributed by atoms with Gasteiger partial charge in [-0.05, 0) is 44.5 Å².